The van der Waals surface area contributed by atoms with Crippen molar-refractivity contribution >= 4 is 5.91 Å². The number of carbonyl (C=O) groups excluding carboxylic acids is 1. The maximum absolute atomic E-state index is 12.7. The molecule has 2 aliphatic rings. The molecule has 2 fully saturated rings. The fraction of sp³-hybridized carbons (Fsp3) is 0.542. The lowest BCUT2D eigenvalue weighted by Gasteiger charge is -2.42. The number of piperidine rings is 2. The van der Waals surface area contributed by atoms with Crippen molar-refractivity contribution in [2.24, 2.45) is 5.92 Å². The Kier molecular flexibility index (Phi) is 6.67. The molecule has 4 rings (SSSR count). The Hall–Kier alpha value is -2.11. The van der Waals surface area contributed by atoms with Crippen molar-refractivity contribution in [3.8, 4) is 0 Å². The Labute approximate surface area is 174 Å². The minimum Gasteiger partial charge on any atom is -0.465 e. The summed E-state index contributed by atoms with van der Waals surface area (Å²) in [5, 5.41) is 3.07. The van der Waals surface area contributed by atoms with Gasteiger partial charge < -0.3 is 9.73 Å². The van der Waals surface area contributed by atoms with Crippen molar-refractivity contribution in [2.75, 3.05) is 26.2 Å². The SMILES string of the molecule is Cc1ccc(CNC(=O)C2CCCN(C3CCN(Cc4ccccc4)CC3)C2)o1. The number of nitrogens with one attached hydrogen (secondary N) is 1. The number of nitrogens with zero attached hydrogens (tertiary/aromatic N) is 2. The number of likely N-dealkylation sites (tertiary alicyclic amines) is 2. The molecule has 0 bridgehead atoms. The third kappa shape index (κ3) is 5.49. The second-order valence-corrected chi connectivity index (χ2v) is 8.56. The first-order valence-corrected chi connectivity index (χ1v) is 11.0. The first-order chi connectivity index (χ1) is 14.2. The predicted octanol–water partition coefficient (Wildman–Crippen LogP) is 3.58. The van der Waals surface area contributed by atoms with E-state index in [4.69, 9.17) is 4.42 Å². The summed E-state index contributed by atoms with van der Waals surface area (Å²) in [7, 11) is 0. The number of furan rings is 1. The van der Waals surface area contributed by atoms with Gasteiger partial charge in [0.2, 0.25) is 5.91 Å². The fourth-order valence-electron chi connectivity index (χ4n) is 4.73. The molecule has 5 nitrogen and oxygen atoms in total. The molecule has 1 aromatic carbocycles. The maximum Gasteiger partial charge on any atom is 0.224 e. The number of aryl methyl sites for hydroxylation is 1. The molecule has 2 saturated heterocycles. The van der Waals surface area contributed by atoms with E-state index in [0.29, 0.717) is 12.6 Å². The van der Waals surface area contributed by atoms with E-state index in [2.05, 4.69) is 45.4 Å². The summed E-state index contributed by atoms with van der Waals surface area (Å²) in [6, 6.07) is 15.2. The molecule has 0 spiro atoms. The summed E-state index contributed by atoms with van der Waals surface area (Å²) in [6.07, 6.45) is 4.51. The lowest BCUT2D eigenvalue weighted by atomic mass is 9.93. The van der Waals surface area contributed by atoms with Gasteiger partial charge in [-0.15, -0.1) is 0 Å². The van der Waals surface area contributed by atoms with E-state index < -0.39 is 0 Å². The second-order valence-electron chi connectivity index (χ2n) is 8.56. The van der Waals surface area contributed by atoms with Crippen molar-refractivity contribution in [3.05, 3.63) is 59.5 Å². The van der Waals surface area contributed by atoms with Crippen molar-refractivity contribution in [3.63, 3.8) is 0 Å². The summed E-state index contributed by atoms with van der Waals surface area (Å²) in [5.74, 6) is 1.98. The number of hydrogen-bond donors (Lipinski definition) is 1. The van der Waals surface area contributed by atoms with E-state index in [9.17, 15) is 4.79 Å². The zero-order chi connectivity index (χ0) is 20.1. The fourth-order valence-corrected chi connectivity index (χ4v) is 4.73. The molecule has 0 saturated carbocycles. The second kappa shape index (κ2) is 9.59. The van der Waals surface area contributed by atoms with Crippen molar-refractivity contribution in [1.29, 1.82) is 0 Å². The summed E-state index contributed by atoms with van der Waals surface area (Å²) >= 11 is 0. The van der Waals surface area contributed by atoms with Gasteiger partial charge in [0.05, 0.1) is 12.5 Å². The van der Waals surface area contributed by atoms with Gasteiger partial charge in [-0.2, -0.15) is 0 Å². The van der Waals surface area contributed by atoms with Gasteiger partial charge >= 0.3 is 0 Å². The van der Waals surface area contributed by atoms with E-state index in [0.717, 1.165) is 57.1 Å². The molecule has 1 amide bonds. The topological polar surface area (TPSA) is 48.7 Å². The smallest absolute Gasteiger partial charge is 0.224 e. The highest BCUT2D eigenvalue weighted by Gasteiger charge is 2.31. The molecule has 0 aliphatic carbocycles. The summed E-state index contributed by atoms with van der Waals surface area (Å²) < 4.78 is 5.56. The highest BCUT2D eigenvalue weighted by Crippen LogP contribution is 2.25. The van der Waals surface area contributed by atoms with E-state index in [1.54, 1.807) is 0 Å². The third-order valence-corrected chi connectivity index (χ3v) is 6.38. The minimum absolute atomic E-state index is 0.0992. The van der Waals surface area contributed by atoms with Crippen LogP contribution in [-0.2, 0) is 17.9 Å². The Morgan fingerprint density at radius 2 is 1.86 bits per heavy atom. The van der Waals surface area contributed by atoms with Gasteiger partial charge in [-0.3, -0.25) is 14.6 Å². The minimum atomic E-state index is 0.0992. The quantitative estimate of drug-likeness (QED) is 0.812. The molecule has 156 valence electrons. The third-order valence-electron chi connectivity index (χ3n) is 6.38. The largest absolute Gasteiger partial charge is 0.465 e. The van der Waals surface area contributed by atoms with Crippen LogP contribution < -0.4 is 5.32 Å². The highest BCUT2D eigenvalue weighted by atomic mass is 16.3. The molecule has 0 radical (unpaired) electrons. The summed E-state index contributed by atoms with van der Waals surface area (Å²) in [4.78, 5) is 17.8. The molecular weight excluding hydrogens is 362 g/mol. The maximum atomic E-state index is 12.7. The van der Waals surface area contributed by atoms with E-state index in [-0.39, 0.29) is 11.8 Å². The molecule has 1 unspecified atom stereocenters. The van der Waals surface area contributed by atoms with Gasteiger partial charge in [0, 0.05) is 19.1 Å². The predicted molar refractivity (Wildman–Crippen MR) is 114 cm³/mol. The highest BCUT2D eigenvalue weighted by molar-refractivity contribution is 5.78. The van der Waals surface area contributed by atoms with Gasteiger partial charge in [0.1, 0.15) is 11.5 Å². The van der Waals surface area contributed by atoms with Crippen LogP contribution in [0, 0.1) is 12.8 Å². The van der Waals surface area contributed by atoms with Gasteiger partial charge in [-0.25, -0.2) is 0 Å². The molecule has 1 atom stereocenters. The zero-order valence-corrected chi connectivity index (χ0v) is 17.5. The molecule has 1 aromatic heterocycles. The van der Waals surface area contributed by atoms with Crippen molar-refractivity contribution in [2.45, 2.75) is 51.7 Å². The van der Waals surface area contributed by atoms with Crippen molar-refractivity contribution in [1.82, 2.24) is 15.1 Å². The first-order valence-electron chi connectivity index (χ1n) is 11.0. The van der Waals surface area contributed by atoms with Crippen LogP contribution in [0.4, 0.5) is 0 Å². The normalized spacial score (nSPS) is 21.9. The Bertz CT molecular complexity index is 780. The van der Waals surface area contributed by atoms with Crippen LogP contribution in [0.5, 0.6) is 0 Å². The van der Waals surface area contributed by atoms with E-state index >= 15 is 0 Å². The molecule has 3 heterocycles. The zero-order valence-electron chi connectivity index (χ0n) is 17.5. The average molecular weight is 396 g/mol. The molecule has 2 aliphatic heterocycles. The molecule has 2 aromatic rings. The van der Waals surface area contributed by atoms with Crippen LogP contribution in [-0.4, -0.2) is 47.9 Å². The lowest BCUT2D eigenvalue weighted by Crippen LogP contribution is -2.50. The summed E-state index contributed by atoms with van der Waals surface area (Å²) in [6.45, 7) is 7.77. The number of hydrogen-bond acceptors (Lipinski definition) is 4. The van der Waals surface area contributed by atoms with Crippen LogP contribution >= 0.6 is 0 Å². The van der Waals surface area contributed by atoms with Gasteiger partial charge in [-0.1, -0.05) is 30.3 Å². The van der Waals surface area contributed by atoms with E-state index in [1.165, 1.54) is 18.4 Å². The first kappa shape index (κ1) is 20.2. The van der Waals surface area contributed by atoms with Crippen LogP contribution in [0.2, 0.25) is 0 Å². The number of amides is 1. The lowest BCUT2D eigenvalue weighted by molar-refractivity contribution is -0.127. The molecule has 5 heteroatoms. The van der Waals surface area contributed by atoms with Crippen molar-refractivity contribution < 1.29 is 9.21 Å². The number of rotatable bonds is 6. The van der Waals surface area contributed by atoms with Gasteiger partial charge in [-0.05, 0) is 69.9 Å². The van der Waals surface area contributed by atoms with Gasteiger partial charge in [0.15, 0.2) is 0 Å². The van der Waals surface area contributed by atoms with Gasteiger partial charge in [0.25, 0.3) is 0 Å². The van der Waals surface area contributed by atoms with Crippen LogP contribution in [0.3, 0.4) is 0 Å². The van der Waals surface area contributed by atoms with Crippen LogP contribution in [0.1, 0.15) is 42.8 Å². The molecule has 29 heavy (non-hydrogen) atoms. The Morgan fingerprint density at radius 3 is 2.59 bits per heavy atom. The standard InChI is InChI=1S/C24H33N3O2/c1-19-9-10-23(29-19)16-25-24(28)21-8-5-13-27(18-21)22-11-14-26(15-12-22)17-20-6-3-2-4-7-20/h2-4,6-7,9-10,21-22H,5,8,11-18H2,1H3,(H,25,28). The number of benzene rings is 1. The molecular formula is C24H33N3O2. The Morgan fingerprint density at radius 1 is 1.07 bits per heavy atom. The van der Waals surface area contributed by atoms with Crippen LogP contribution in [0.15, 0.2) is 46.9 Å². The molecule has 1 N–H and O–H groups in total. The van der Waals surface area contributed by atoms with Crippen LogP contribution in [0.25, 0.3) is 0 Å². The van der Waals surface area contributed by atoms with E-state index in [1.807, 2.05) is 19.1 Å². The Balaban J connectivity index is 1.23. The summed E-state index contributed by atoms with van der Waals surface area (Å²) in [5.41, 5.74) is 1.40. The number of carbonyl (C=O) groups is 1. The average Bonchev–Trinajstić information content (AvgIpc) is 3.18. The monoisotopic (exact) mass is 395 g/mol.